The largest absolute Gasteiger partial charge is 0.387 e. The molecular weight excluding hydrogens is 755 g/mol. The molecule has 0 spiro atoms. The molecule has 0 aliphatic carbocycles. The number of hydrogen-bond acceptors (Lipinski definition) is 11. The van der Waals surface area contributed by atoms with Crippen molar-refractivity contribution in [1.29, 1.82) is 0 Å². The Hall–Kier alpha value is -2.98. The van der Waals surface area contributed by atoms with Crippen molar-refractivity contribution in [1.82, 2.24) is 15.1 Å². The van der Waals surface area contributed by atoms with Crippen molar-refractivity contribution in [2.24, 2.45) is 17.8 Å². The summed E-state index contributed by atoms with van der Waals surface area (Å²) in [5.74, 6) is -2.15. The van der Waals surface area contributed by atoms with E-state index in [0.717, 1.165) is 11.1 Å². The summed E-state index contributed by atoms with van der Waals surface area (Å²) in [5.41, 5.74) is -0.677. The van der Waals surface area contributed by atoms with Gasteiger partial charge in [-0.1, -0.05) is 81.4 Å². The number of ether oxygens (including phenoxy) is 5. The predicted octanol–water partition coefficient (Wildman–Crippen LogP) is 3.95. The molecule has 3 aliphatic heterocycles. The van der Waals surface area contributed by atoms with Crippen LogP contribution in [0, 0.1) is 17.8 Å². The van der Waals surface area contributed by atoms with Crippen molar-refractivity contribution in [3.05, 3.63) is 71.8 Å². The normalized spacial score (nSPS) is 39.1. The minimum absolute atomic E-state index is 0.0882. The SMILES string of the molecule is CO[C@]1(C)C[C@H](O[C@H]2[C@H](C)[C@@H](O[C@@H]3O[C@H](C)C[C@H](N(C)C)[C@H]3O)[C@](C)(O)C[C@@H](C)CN(C(=O)Cc3ccccc3)CC(Cc3ccccc3)NC(=O)[C@@H]2C)O[C@@H](C)[C@@H]1O. The summed E-state index contributed by atoms with van der Waals surface area (Å²) in [7, 11) is 5.34. The fraction of sp³-hybridized carbons (Fsp3) is 0.696. The van der Waals surface area contributed by atoms with Crippen LogP contribution < -0.4 is 5.32 Å². The standard InChI is InChI=1S/C46H71N3O10/c1-28-24-45(6,54)42(59-44-39(51)36(48(8)9)21-29(2)56-44)30(3)40(58-38-25-46(7,55-10)41(52)32(5)57-38)31(4)43(53)47-35(22-33-17-13-11-14-18-33)27-49(26-28)37(50)23-34-19-15-12-16-20-34/h11-20,28-32,35-36,38-42,44,51-52,54H,21-27H2,1-10H3,(H,47,53)/t28-,29-,30+,31-,32+,35?,36+,38+,39-,40+,41+,42-,44+,45-,46-/m1/s1. The van der Waals surface area contributed by atoms with Gasteiger partial charge < -0.3 is 54.1 Å². The second-order valence-electron chi connectivity index (χ2n) is 18.3. The highest BCUT2D eigenvalue weighted by Gasteiger charge is 2.51. The zero-order valence-electron chi connectivity index (χ0n) is 36.8. The van der Waals surface area contributed by atoms with Gasteiger partial charge in [-0.05, 0) is 78.1 Å². The van der Waals surface area contributed by atoms with Gasteiger partial charge in [0.2, 0.25) is 11.8 Å². The van der Waals surface area contributed by atoms with Crippen molar-refractivity contribution in [2.75, 3.05) is 34.3 Å². The Balaban J connectivity index is 1.57. The first-order valence-corrected chi connectivity index (χ1v) is 21.4. The third kappa shape index (κ3) is 11.9. The number of aliphatic hydroxyl groups excluding tert-OH is 2. The molecule has 3 heterocycles. The Morgan fingerprint density at radius 3 is 2.15 bits per heavy atom. The number of hydrogen-bond donors (Lipinski definition) is 4. The van der Waals surface area contributed by atoms with Gasteiger partial charge in [0.1, 0.15) is 12.2 Å². The average molecular weight is 826 g/mol. The molecule has 3 fully saturated rings. The third-order valence-electron chi connectivity index (χ3n) is 12.8. The summed E-state index contributed by atoms with van der Waals surface area (Å²) in [6.07, 6.45) is -5.16. The number of nitrogens with zero attached hydrogens (tertiary/aromatic N) is 2. The van der Waals surface area contributed by atoms with E-state index in [0.29, 0.717) is 19.4 Å². The molecule has 5 rings (SSSR count). The van der Waals surface area contributed by atoms with Crippen molar-refractivity contribution >= 4 is 11.8 Å². The van der Waals surface area contributed by atoms with E-state index in [1.807, 2.05) is 105 Å². The van der Waals surface area contributed by atoms with Crippen LogP contribution in [0.4, 0.5) is 0 Å². The van der Waals surface area contributed by atoms with Crippen LogP contribution in [0.5, 0.6) is 0 Å². The zero-order valence-corrected chi connectivity index (χ0v) is 36.8. The van der Waals surface area contributed by atoms with E-state index in [1.54, 1.807) is 27.7 Å². The minimum Gasteiger partial charge on any atom is -0.387 e. The molecule has 59 heavy (non-hydrogen) atoms. The number of likely N-dealkylation sites (N-methyl/N-ethyl adjacent to an activating group) is 1. The smallest absolute Gasteiger partial charge is 0.227 e. The third-order valence-corrected chi connectivity index (χ3v) is 12.8. The number of rotatable bonds is 10. The molecule has 0 aromatic heterocycles. The number of amides is 2. The maximum atomic E-state index is 14.7. The molecule has 15 atom stereocenters. The van der Waals surface area contributed by atoms with Gasteiger partial charge in [-0.3, -0.25) is 9.59 Å². The van der Waals surface area contributed by atoms with Crippen LogP contribution in [0.15, 0.2) is 60.7 Å². The second kappa shape index (κ2) is 20.3. The summed E-state index contributed by atoms with van der Waals surface area (Å²) in [6.45, 7) is 13.4. The molecule has 13 nitrogen and oxygen atoms in total. The average Bonchev–Trinajstić information content (AvgIpc) is 3.18. The number of methoxy groups -OCH3 is 1. The lowest BCUT2D eigenvalue weighted by atomic mass is 9.77. The molecule has 2 amide bonds. The van der Waals surface area contributed by atoms with Crippen molar-refractivity contribution in [3.8, 4) is 0 Å². The van der Waals surface area contributed by atoms with Crippen molar-refractivity contribution < 1.29 is 48.6 Å². The van der Waals surface area contributed by atoms with Gasteiger partial charge in [0.25, 0.3) is 0 Å². The number of carbonyl (C=O) groups excluding carboxylic acids is 2. The molecule has 0 bridgehead atoms. The zero-order chi connectivity index (χ0) is 43.2. The van der Waals surface area contributed by atoms with Gasteiger partial charge in [0, 0.05) is 38.6 Å². The molecule has 3 saturated heterocycles. The highest BCUT2D eigenvalue weighted by atomic mass is 16.7. The van der Waals surface area contributed by atoms with E-state index >= 15 is 0 Å². The summed E-state index contributed by atoms with van der Waals surface area (Å²) >= 11 is 0. The van der Waals surface area contributed by atoms with E-state index in [-0.39, 0.29) is 55.7 Å². The molecule has 2 aromatic rings. The first-order chi connectivity index (χ1) is 27.8. The summed E-state index contributed by atoms with van der Waals surface area (Å²) < 4.78 is 32.0. The molecule has 0 radical (unpaired) electrons. The minimum atomic E-state index is -1.57. The van der Waals surface area contributed by atoms with Crippen molar-refractivity contribution in [3.63, 3.8) is 0 Å². The molecule has 4 N–H and O–H groups in total. The molecule has 3 aliphatic rings. The van der Waals surface area contributed by atoms with E-state index in [4.69, 9.17) is 23.7 Å². The Morgan fingerprint density at radius 2 is 1.54 bits per heavy atom. The fourth-order valence-corrected chi connectivity index (χ4v) is 9.51. The van der Waals surface area contributed by atoms with Crippen LogP contribution >= 0.6 is 0 Å². The van der Waals surface area contributed by atoms with Crippen LogP contribution in [0.25, 0.3) is 0 Å². The number of nitrogens with one attached hydrogen (secondary N) is 1. The molecule has 13 heteroatoms. The van der Waals surface area contributed by atoms with Gasteiger partial charge in [-0.25, -0.2) is 0 Å². The Bertz CT molecular complexity index is 1630. The van der Waals surface area contributed by atoms with E-state index < -0.39 is 72.2 Å². The van der Waals surface area contributed by atoms with Gasteiger partial charge in [0.15, 0.2) is 12.6 Å². The predicted molar refractivity (Wildman–Crippen MR) is 224 cm³/mol. The van der Waals surface area contributed by atoms with Gasteiger partial charge in [-0.15, -0.1) is 0 Å². The first kappa shape index (κ1) is 47.1. The lowest BCUT2D eigenvalue weighted by Crippen LogP contribution is -2.60. The van der Waals surface area contributed by atoms with E-state index in [9.17, 15) is 24.9 Å². The molecular formula is C46H71N3O10. The van der Waals surface area contributed by atoms with Crippen LogP contribution in [-0.2, 0) is 46.1 Å². The molecule has 1 unspecified atom stereocenters. The Morgan fingerprint density at radius 1 is 0.915 bits per heavy atom. The maximum Gasteiger partial charge on any atom is 0.227 e. The lowest BCUT2D eigenvalue weighted by Gasteiger charge is -2.48. The van der Waals surface area contributed by atoms with Crippen LogP contribution in [0.2, 0.25) is 0 Å². The van der Waals surface area contributed by atoms with Gasteiger partial charge >= 0.3 is 0 Å². The Labute approximate surface area is 351 Å². The summed E-state index contributed by atoms with van der Waals surface area (Å²) in [5, 5.41) is 38.7. The summed E-state index contributed by atoms with van der Waals surface area (Å²) in [6, 6.07) is 18.7. The number of benzene rings is 2. The van der Waals surface area contributed by atoms with E-state index in [1.165, 1.54) is 7.11 Å². The maximum absolute atomic E-state index is 14.7. The molecule has 0 saturated carbocycles. The van der Waals surface area contributed by atoms with Crippen molar-refractivity contribution in [2.45, 2.75) is 153 Å². The highest BCUT2D eigenvalue weighted by molar-refractivity contribution is 5.80. The number of aliphatic hydroxyl groups is 3. The lowest BCUT2D eigenvalue weighted by molar-refractivity contribution is -0.317. The Kier molecular flexibility index (Phi) is 16.2. The summed E-state index contributed by atoms with van der Waals surface area (Å²) in [4.78, 5) is 32.7. The van der Waals surface area contributed by atoms with Crippen LogP contribution in [0.3, 0.4) is 0 Å². The van der Waals surface area contributed by atoms with E-state index in [2.05, 4.69) is 5.32 Å². The quantitative estimate of drug-likeness (QED) is 0.275. The second-order valence-corrected chi connectivity index (χ2v) is 18.3. The van der Waals surface area contributed by atoms with Gasteiger partial charge in [0.05, 0.1) is 54.0 Å². The molecule has 2 aromatic carbocycles. The van der Waals surface area contributed by atoms with Gasteiger partial charge in [-0.2, -0.15) is 0 Å². The van der Waals surface area contributed by atoms with Crippen LogP contribution in [-0.4, -0.2) is 144 Å². The molecule has 330 valence electrons. The first-order valence-electron chi connectivity index (χ1n) is 21.4. The monoisotopic (exact) mass is 826 g/mol. The number of carbonyl (C=O) groups is 2. The fourth-order valence-electron chi connectivity index (χ4n) is 9.51. The highest BCUT2D eigenvalue weighted by Crippen LogP contribution is 2.39. The van der Waals surface area contributed by atoms with Crippen LogP contribution in [0.1, 0.15) is 78.9 Å². The topological polar surface area (TPSA) is 159 Å².